The maximum absolute atomic E-state index is 9.15. The Labute approximate surface area is 141 Å². The van der Waals surface area contributed by atoms with Gasteiger partial charge in [-0.05, 0) is 69.0 Å². The second-order valence-electron chi connectivity index (χ2n) is 4.35. The molecule has 0 fully saturated rings. The van der Waals surface area contributed by atoms with Crippen LogP contribution in [0, 0.1) is 0 Å². The normalized spacial score (nSPS) is 13.0. The standard InChI is InChI=1S/C8H10BrNO.C7H8BrNO/c1-6(11-2)7-3-4-10-5-8(7)9;1-5(10)6-2-3-9-4-7(6)8/h3-6H,1-2H3;2-5,10H,1H3. The number of aromatic nitrogens is 2. The van der Waals surface area contributed by atoms with Gasteiger partial charge in [-0.2, -0.15) is 0 Å². The number of nitrogens with zero attached hydrogens (tertiary/aromatic N) is 2. The lowest BCUT2D eigenvalue weighted by Crippen LogP contribution is -1.96. The number of aliphatic hydroxyl groups is 1. The monoisotopic (exact) mass is 416 g/mol. The molecule has 0 aliphatic rings. The number of pyridine rings is 2. The molecule has 2 atom stereocenters. The second kappa shape index (κ2) is 9.25. The van der Waals surface area contributed by atoms with Crippen molar-refractivity contribution >= 4 is 31.9 Å². The summed E-state index contributed by atoms with van der Waals surface area (Å²) < 4.78 is 7.01. The number of methoxy groups -OCH3 is 1. The van der Waals surface area contributed by atoms with Crippen molar-refractivity contribution < 1.29 is 9.84 Å². The first-order valence-corrected chi connectivity index (χ1v) is 7.95. The van der Waals surface area contributed by atoms with Gasteiger partial charge in [0.05, 0.1) is 12.2 Å². The van der Waals surface area contributed by atoms with E-state index in [0.29, 0.717) is 0 Å². The van der Waals surface area contributed by atoms with Crippen LogP contribution in [0.15, 0.2) is 45.9 Å². The van der Waals surface area contributed by atoms with E-state index in [-0.39, 0.29) is 6.10 Å². The molecular weight excluding hydrogens is 400 g/mol. The van der Waals surface area contributed by atoms with Crippen molar-refractivity contribution in [3.05, 3.63) is 57.0 Å². The zero-order chi connectivity index (χ0) is 15.8. The Balaban J connectivity index is 0.000000211. The summed E-state index contributed by atoms with van der Waals surface area (Å²) in [5, 5.41) is 9.15. The first-order valence-electron chi connectivity index (χ1n) is 6.37. The van der Waals surface area contributed by atoms with Crippen LogP contribution in [-0.4, -0.2) is 22.2 Å². The quantitative estimate of drug-likeness (QED) is 0.801. The minimum atomic E-state index is -0.433. The predicted octanol–water partition coefficient (Wildman–Crippen LogP) is 4.45. The molecule has 114 valence electrons. The topological polar surface area (TPSA) is 55.2 Å². The van der Waals surface area contributed by atoms with Crippen LogP contribution in [0.4, 0.5) is 0 Å². The molecule has 6 heteroatoms. The van der Waals surface area contributed by atoms with Crippen molar-refractivity contribution in [2.45, 2.75) is 26.1 Å². The summed E-state index contributed by atoms with van der Waals surface area (Å²) in [6.45, 7) is 3.72. The fourth-order valence-electron chi connectivity index (χ4n) is 1.57. The van der Waals surface area contributed by atoms with Gasteiger partial charge in [0.25, 0.3) is 0 Å². The molecule has 0 amide bonds. The molecule has 0 bridgehead atoms. The molecule has 2 aromatic heterocycles. The first kappa shape index (κ1) is 18.2. The van der Waals surface area contributed by atoms with E-state index in [0.717, 1.165) is 20.1 Å². The van der Waals surface area contributed by atoms with E-state index in [9.17, 15) is 0 Å². The summed E-state index contributed by atoms with van der Waals surface area (Å²) in [7, 11) is 1.69. The van der Waals surface area contributed by atoms with E-state index >= 15 is 0 Å². The maximum Gasteiger partial charge on any atom is 0.0805 e. The molecule has 2 aromatic rings. The third-order valence-electron chi connectivity index (χ3n) is 2.85. The minimum Gasteiger partial charge on any atom is -0.389 e. The lowest BCUT2D eigenvalue weighted by atomic mass is 10.2. The lowest BCUT2D eigenvalue weighted by molar-refractivity contribution is 0.119. The number of hydrogen-bond acceptors (Lipinski definition) is 4. The van der Waals surface area contributed by atoms with Gasteiger partial charge in [-0.15, -0.1) is 0 Å². The molecule has 21 heavy (non-hydrogen) atoms. The average molecular weight is 418 g/mol. The highest BCUT2D eigenvalue weighted by Gasteiger charge is 2.06. The van der Waals surface area contributed by atoms with Crippen LogP contribution in [0.1, 0.15) is 37.2 Å². The van der Waals surface area contributed by atoms with Crippen molar-refractivity contribution in [2.75, 3.05) is 7.11 Å². The van der Waals surface area contributed by atoms with Crippen molar-refractivity contribution in [1.82, 2.24) is 9.97 Å². The summed E-state index contributed by atoms with van der Waals surface area (Å²) >= 11 is 6.67. The van der Waals surface area contributed by atoms with E-state index in [1.54, 1.807) is 44.9 Å². The molecule has 4 nitrogen and oxygen atoms in total. The minimum absolute atomic E-state index is 0.118. The van der Waals surface area contributed by atoms with Crippen LogP contribution in [0.5, 0.6) is 0 Å². The summed E-state index contributed by atoms with van der Waals surface area (Å²) in [5.74, 6) is 0. The Hall–Kier alpha value is -0.820. The van der Waals surface area contributed by atoms with Crippen LogP contribution in [0.25, 0.3) is 0 Å². The summed E-state index contributed by atoms with van der Waals surface area (Å²) in [4.78, 5) is 7.83. The molecule has 0 saturated carbocycles. The van der Waals surface area contributed by atoms with Gasteiger partial charge in [-0.3, -0.25) is 9.97 Å². The summed E-state index contributed by atoms with van der Waals surface area (Å²) in [6, 6.07) is 3.73. The zero-order valence-corrected chi connectivity index (χ0v) is 15.3. The molecule has 2 rings (SSSR count). The third-order valence-corrected chi connectivity index (χ3v) is 4.17. The van der Waals surface area contributed by atoms with Gasteiger partial charge in [0.15, 0.2) is 0 Å². The van der Waals surface area contributed by atoms with Gasteiger partial charge in [0, 0.05) is 40.8 Å². The summed E-state index contributed by atoms with van der Waals surface area (Å²) in [6.07, 6.45) is 6.54. The van der Waals surface area contributed by atoms with Gasteiger partial charge in [-0.1, -0.05) is 0 Å². The van der Waals surface area contributed by atoms with Crippen molar-refractivity contribution in [3.63, 3.8) is 0 Å². The molecule has 0 aliphatic heterocycles. The largest absolute Gasteiger partial charge is 0.389 e. The predicted molar refractivity (Wildman–Crippen MR) is 89.9 cm³/mol. The Bertz CT molecular complexity index is 565. The molecule has 0 aliphatic carbocycles. The van der Waals surface area contributed by atoms with Gasteiger partial charge in [-0.25, -0.2) is 0 Å². The molecule has 0 aromatic carbocycles. The van der Waals surface area contributed by atoms with Crippen LogP contribution in [0.3, 0.4) is 0 Å². The molecule has 2 unspecified atom stereocenters. The van der Waals surface area contributed by atoms with Crippen molar-refractivity contribution in [3.8, 4) is 0 Å². The number of halogens is 2. The van der Waals surface area contributed by atoms with E-state index in [1.165, 1.54) is 0 Å². The van der Waals surface area contributed by atoms with Gasteiger partial charge in [0.1, 0.15) is 0 Å². The lowest BCUT2D eigenvalue weighted by Gasteiger charge is -2.10. The van der Waals surface area contributed by atoms with Gasteiger partial charge >= 0.3 is 0 Å². The highest BCUT2D eigenvalue weighted by Crippen LogP contribution is 2.23. The van der Waals surface area contributed by atoms with Crippen LogP contribution in [0.2, 0.25) is 0 Å². The van der Waals surface area contributed by atoms with Gasteiger partial charge < -0.3 is 9.84 Å². The molecule has 0 saturated heterocycles. The Morgan fingerprint density at radius 2 is 1.48 bits per heavy atom. The molecule has 1 N–H and O–H groups in total. The van der Waals surface area contributed by atoms with E-state index in [2.05, 4.69) is 41.8 Å². The maximum atomic E-state index is 9.15. The number of ether oxygens (including phenoxy) is 1. The number of rotatable bonds is 3. The van der Waals surface area contributed by atoms with Crippen molar-refractivity contribution in [2.24, 2.45) is 0 Å². The first-order chi connectivity index (χ1) is 9.97. The van der Waals surface area contributed by atoms with E-state index in [1.807, 2.05) is 13.0 Å². The highest BCUT2D eigenvalue weighted by atomic mass is 79.9. The average Bonchev–Trinajstić information content (AvgIpc) is 2.48. The Morgan fingerprint density at radius 3 is 1.81 bits per heavy atom. The Kier molecular flexibility index (Phi) is 8.03. The van der Waals surface area contributed by atoms with Crippen LogP contribution in [-0.2, 0) is 4.74 Å². The fraction of sp³-hybridized carbons (Fsp3) is 0.333. The smallest absolute Gasteiger partial charge is 0.0805 e. The fourth-order valence-corrected chi connectivity index (χ4v) is 2.72. The highest BCUT2D eigenvalue weighted by molar-refractivity contribution is 9.10. The molecule has 0 radical (unpaired) electrons. The molecular formula is C15H18Br2N2O2. The van der Waals surface area contributed by atoms with Crippen LogP contribution < -0.4 is 0 Å². The van der Waals surface area contributed by atoms with Crippen molar-refractivity contribution in [1.29, 1.82) is 0 Å². The number of aliphatic hydroxyl groups excluding tert-OH is 1. The summed E-state index contributed by atoms with van der Waals surface area (Å²) in [5.41, 5.74) is 2.00. The van der Waals surface area contributed by atoms with Crippen LogP contribution >= 0.6 is 31.9 Å². The molecule has 2 heterocycles. The van der Waals surface area contributed by atoms with Gasteiger partial charge in [0.2, 0.25) is 0 Å². The van der Waals surface area contributed by atoms with E-state index in [4.69, 9.17) is 9.84 Å². The number of hydrogen-bond donors (Lipinski definition) is 1. The SMILES string of the molecule is CC(O)c1ccncc1Br.COC(C)c1ccncc1Br. The van der Waals surface area contributed by atoms with E-state index < -0.39 is 6.10 Å². The zero-order valence-electron chi connectivity index (χ0n) is 12.1. The third kappa shape index (κ3) is 5.82. The second-order valence-corrected chi connectivity index (χ2v) is 6.06. The molecule has 0 spiro atoms. The Morgan fingerprint density at radius 1 is 1.00 bits per heavy atom.